The molecule has 0 bridgehead atoms. The summed E-state index contributed by atoms with van der Waals surface area (Å²) >= 11 is 0. The molecule has 1 aliphatic heterocycles. The Hall–Kier alpha value is -1.88. The zero-order valence-corrected chi connectivity index (χ0v) is 12.2. The lowest BCUT2D eigenvalue weighted by Gasteiger charge is -2.29. The number of aryl methyl sites for hydroxylation is 1. The van der Waals surface area contributed by atoms with Crippen molar-refractivity contribution in [2.45, 2.75) is 33.4 Å². The van der Waals surface area contributed by atoms with Crippen molar-refractivity contribution in [1.82, 2.24) is 10.6 Å². The SMILES string of the molecule is Cc1ccc(N2CC(=O)NC(=O)C2)c(CNC(C)C)c1. The second-order valence-corrected chi connectivity index (χ2v) is 5.50. The van der Waals surface area contributed by atoms with Gasteiger partial charge < -0.3 is 10.2 Å². The first-order valence-electron chi connectivity index (χ1n) is 6.86. The predicted octanol–water partition coefficient (Wildman–Crippen LogP) is 0.956. The number of imide groups is 1. The van der Waals surface area contributed by atoms with Crippen LogP contribution in [0.15, 0.2) is 18.2 Å². The van der Waals surface area contributed by atoms with E-state index in [4.69, 9.17) is 0 Å². The first kappa shape index (κ1) is 14.5. The van der Waals surface area contributed by atoms with Crippen LogP contribution in [0.5, 0.6) is 0 Å². The maximum absolute atomic E-state index is 11.5. The molecule has 2 amide bonds. The van der Waals surface area contributed by atoms with Crippen LogP contribution >= 0.6 is 0 Å². The van der Waals surface area contributed by atoms with E-state index in [1.54, 1.807) is 0 Å². The van der Waals surface area contributed by atoms with Crippen molar-refractivity contribution in [3.05, 3.63) is 29.3 Å². The number of piperazine rings is 1. The fourth-order valence-electron chi connectivity index (χ4n) is 2.29. The van der Waals surface area contributed by atoms with Crippen LogP contribution in [0.2, 0.25) is 0 Å². The Balaban J connectivity index is 2.25. The van der Waals surface area contributed by atoms with Gasteiger partial charge in [0.15, 0.2) is 0 Å². The third-order valence-corrected chi connectivity index (χ3v) is 3.22. The smallest absolute Gasteiger partial charge is 0.246 e. The minimum absolute atomic E-state index is 0.226. The number of rotatable bonds is 4. The first-order chi connectivity index (χ1) is 9.45. The van der Waals surface area contributed by atoms with E-state index < -0.39 is 0 Å². The van der Waals surface area contributed by atoms with E-state index in [0.717, 1.165) is 17.8 Å². The molecule has 2 rings (SSSR count). The van der Waals surface area contributed by atoms with Gasteiger partial charge >= 0.3 is 0 Å². The van der Waals surface area contributed by atoms with E-state index in [2.05, 4.69) is 30.5 Å². The minimum Gasteiger partial charge on any atom is -0.353 e. The molecule has 1 aromatic carbocycles. The second kappa shape index (κ2) is 6.05. The molecule has 0 aromatic heterocycles. The largest absolute Gasteiger partial charge is 0.353 e. The molecule has 2 N–H and O–H groups in total. The molecule has 1 aliphatic rings. The average molecular weight is 275 g/mol. The Morgan fingerprint density at radius 3 is 2.50 bits per heavy atom. The number of amides is 2. The van der Waals surface area contributed by atoms with Gasteiger partial charge in [-0.15, -0.1) is 0 Å². The number of carbonyl (C=O) groups is 2. The van der Waals surface area contributed by atoms with Crippen molar-refractivity contribution in [2.24, 2.45) is 0 Å². The molecule has 5 heteroatoms. The number of nitrogens with zero attached hydrogens (tertiary/aromatic N) is 1. The van der Waals surface area contributed by atoms with Gasteiger partial charge in [-0.05, 0) is 18.6 Å². The van der Waals surface area contributed by atoms with E-state index in [0.29, 0.717) is 6.04 Å². The van der Waals surface area contributed by atoms with Crippen molar-refractivity contribution in [2.75, 3.05) is 18.0 Å². The number of hydrogen-bond acceptors (Lipinski definition) is 4. The van der Waals surface area contributed by atoms with Crippen molar-refractivity contribution < 1.29 is 9.59 Å². The summed E-state index contributed by atoms with van der Waals surface area (Å²) in [4.78, 5) is 24.9. The summed E-state index contributed by atoms with van der Waals surface area (Å²) < 4.78 is 0. The van der Waals surface area contributed by atoms with Crippen molar-refractivity contribution >= 4 is 17.5 Å². The zero-order valence-electron chi connectivity index (χ0n) is 12.2. The van der Waals surface area contributed by atoms with Gasteiger partial charge in [0.05, 0.1) is 13.1 Å². The molecule has 20 heavy (non-hydrogen) atoms. The first-order valence-corrected chi connectivity index (χ1v) is 6.86. The number of nitrogens with one attached hydrogen (secondary N) is 2. The molecular formula is C15H21N3O2. The summed E-state index contributed by atoms with van der Waals surface area (Å²) in [6.45, 7) is 7.39. The van der Waals surface area contributed by atoms with Gasteiger partial charge in [-0.25, -0.2) is 0 Å². The summed E-state index contributed by atoms with van der Waals surface area (Å²) in [6, 6.07) is 6.47. The van der Waals surface area contributed by atoms with E-state index in [1.807, 2.05) is 24.0 Å². The molecule has 0 aliphatic carbocycles. The standard InChI is InChI=1S/C15H21N3O2/c1-10(2)16-7-12-6-11(3)4-5-13(12)18-8-14(19)17-15(20)9-18/h4-6,10,16H,7-9H2,1-3H3,(H,17,19,20). The van der Waals surface area contributed by atoms with E-state index in [-0.39, 0.29) is 24.9 Å². The molecular weight excluding hydrogens is 254 g/mol. The lowest BCUT2D eigenvalue weighted by molar-refractivity contribution is -0.130. The second-order valence-electron chi connectivity index (χ2n) is 5.50. The Bertz CT molecular complexity index is 510. The van der Waals surface area contributed by atoms with Crippen LogP contribution in [-0.2, 0) is 16.1 Å². The van der Waals surface area contributed by atoms with Crippen LogP contribution in [0.1, 0.15) is 25.0 Å². The van der Waals surface area contributed by atoms with E-state index >= 15 is 0 Å². The summed E-state index contributed by atoms with van der Waals surface area (Å²) in [7, 11) is 0. The highest BCUT2D eigenvalue weighted by Gasteiger charge is 2.24. The van der Waals surface area contributed by atoms with Gasteiger partial charge in [0.25, 0.3) is 0 Å². The Morgan fingerprint density at radius 1 is 1.25 bits per heavy atom. The lowest BCUT2D eigenvalue weighted by atomic mass is 10.1. The molecule has 1 aromatic rings. The molecule has 108 valence electrons. The monoisotopic (exact) mass is 275 g/mol. The van der Waals surface area contributed by atoms with Crippen molar-refractivity contribution in [3.63, 3.8) is 0 Å². The number of benzene rings is 1. The van der Waals surface area contributed by atoms with Crippen molar-refractivity contribution in [1.29, 1.82) is 0 Å². The van der Waals surface area contributed by atoms with Gasteiger partial charge in [0.2, 0.25) is 11.8 Å². The minimum atomic E-state index is -0.246. The van der Waals surface area contributed by atoms with Gasteiger partial charge in [0, 0.05) is 18.3 Å². The number of carbonyl (C=O) groups excluding carboxylic acids is 2. The fraction of sp³-hybridized carbons (Fsp3) is 0.467. The molecule has 1 saturated heterocycles. The van der Waals surface area contributed by atoms with Gasteiger partial charge in [-0.1, -0.05) is 31.5 Å². The van der Waals surface area contributed by atoms with Gasteiger partial charge in [-0.3, -0.25) is 14.9 Å². The number of hydrogen-bond donors (Lipinski definition) is 2. The Labute approximate surface area is 119 Å². The molecule has 0 saturated carbocycles. The molecule has 1 heterocycles. The van der Waals surface area contributed by atoms with Gasteiger partial charge in [0.1, 0.15) is 0 Å². The van der Waals surface area contributed by atoms with Crippen LogP contribution in [0.3, 0.4) is 0 Å². The van der Waals surface area contributed by atoms with Crippen LogP contribution in [0.4, 0.5) is 5.69 Å². The molecule has 5 nitrogen and oxygen atoms in total. The topological polar surface area (TPSA) is 61.4 Å². The fourth-order valence-corrected chi connectivity index (χ4v) is 2.29. The Morgan fingerprint density at radius 2 is 1.90 bits per heavy atom. The maximum Gasteiger partial charge on any atom is 0.246 e. The average Bonchev–Trinajstić information content (AvgIpc) is 2.35. The summed E-state index contributed by atoms with van der Waals surface area (Å²) in [5.41, 5.74) is 3.23. The highest BCUT2D eigenvalue weighted by atomic mass is 16.2. The van der Waals surface area contributed by atoms with Crippen LogP contribution in [0, 0.1) is 6.92 Å². The van der Waals surface area contributed by atoms with Crippen LogP contribution in [-0.4, -0.2) is 30.9 Å². The molecule has 0 unspecified atom stereocenters. The number of anilines is 1. The third kappa shape index (κ3) is 3.57. The normalized spacial score (nSPS) is 15.7. The van der Waals surface area contributed by atoms with Crippen LogP contribution < -0.4 is 15.5 Å². The van der Waals surface area contributed by atoms with E-state index in [9.17, 15) is 9.59 Å². The highest BCUT2D eigenvalue weighted by Crippen LogP contribution is 2.23. The maximum atomic E-state index is 11.5. The summed E-state index contributed by atoms with van der Waals surface area (Å²) in [5.74, 6) is -0.491. The van der Waals surface area contributed by atoms with Crippen molar-refractivity contribution in [3.8, 4) is 0 Å². The van der Waals surface area contributed by atoms with Gasteiger partial charge in [-0.2, -0.15) is 0 Å². The molecule has 0 spiro atoms. The quantitative estimate of drug-likeness (QED) is 0.803. The molecule has 1 fully saturated rings. The lowest BCUT2D eigenvalue weighted by Crippen LogP contribution is -2.51. The third-order valence-electron chi connectivity index (χ3n) is 3.22. The molecule has 0 radical (unpaired) electrons. The van der Waals surface area contributed by atoms with E-state index in [1.165, 1.54) is 5.56 Å². The Kier molecular flexibility index (Phi) is 4.39. The predicted molar refractivity (Wildman–Crippen MR) is 78.5 cm³/mol. The summed E-state index contributed by atoms with van der Waals surface area (Å²) in [6.07, 6.45) is 0. The zero-order chi connectivity index (χ0) is 14.7. The van der Waals surface area contributed by atoms with Crippen LogP contribution in [0.25, 0.3) is 0 Å². The summed E-state index contributed by atoms with van der Waals surface area (Å²) in [5, 5.41) is 5.70. The molecule has 0 atom stereocenters. The highest BCUT2D eigenvalue weighted by molar-refractivity contribution is 6.02.